The van der Waals surface area contributed by atoms with E-state index in [-0.39, 0.29) is 39.7 Å². The Labute approximate surface area is 194 Å². The van der Waals surface area contributed by atoms with Crippen LogP contribution in [0.3, 0.4) is 0 Å². The normalized spacial score (nSPS) is 11.6. The Bertz CT molecular complexity index is 1340. The molecule has 0 bridgehead atoms. The van der Waals surface area contributed by atoms with Crippen molar-refractivity contribution in [2.24, 2.45) is 13.0 Å². The number of halogens is 1. The Kier molecular flexibility index (Phi) is 7.04. The molecule has 2 aromatic heterocycles. The van der Waals surface area contributed by atoms with E-state index in [4.69, 9.17) is 16.3 Å². The van der Waals surface area contributed by atoms with E-state index in [1.165, 1.54) is 24.9 Å². The zero-order valence-electron chi connectivity index (χ0n) is 18.5. The van der Waals surface area contributed by atoms with Gasteiger partial charge in [0, 0.05) is 19.3 Å². The molecule has 0 amide bonds. The van der Waals surface area contributed by atoms with Gasteiger partial charge >= 0.3 is 17.6 Å². The number of ether oxygens (including phenoxy) is 2. The quantitative estimate of drug-likeness (QED) is 0.411. The van der Waals surface area contributed by atoms with Gasteiger partial charge in [0.25, 0.3) is 0 Å². The van der Waals surface area contributed by atoms with Gasteiger partial charge in [0.15, 0.2) is 5.69 Å². The number of nitriles is 1. The third kappa shape index (κ3) is 4.68. The van der Waals surface area contributed by atoms with Gasteiger partial charge in [-0.3, -0.25) is 13.9 Å². The third-order valence-corrected chi connectivity index (χ3v) is 5.57. The van der Waals surface area contributed by atoms with Gasteiger partial charge in [-0.2, -0.15) is 5.26 Å². The van der Waals surface area contributed by atoms with Crippen LogP contribution in [0.4, 0.5) is 11.4 Å². The average Bonchev–Trinajstić information content (AvgIpc) is 3.05. The number of rotatable bonds is 7. The summed E-state index contributed by atoms with van der Waals surface area (Å²) in [6.45, 7) is 2.05. The third-order valence-electron chi connectivity index (χ3n) is 5.30. The molecule has 0 fully saturated rings. The summed E-state index contributed by atoms with van der Waals surface area (Å²) in [5.41, 5.74) is 1.92. The van der Waals surface area contributed by atoms with Crippen LogP contribution in [0.5, 0.6) is 0 Å². The second kappa shape index (κ2) is 9.75. The predicted octanol–water partition coefficient (Wildman–Crippen LogP) is 2.99. The number of pyridine rings is 1. The van der Waals surface area contributed by atoms with Crippen molar-refractivity contribution in [3.63, 3.8) is 0 Å². The van der Waals surface area contributed by atoms with Crippen molar-refractivity contribution >= 4 is 45.9 Å². The van der Waals surface area contributed by atoms with Crippen LogP contribution in [0.2, 0.25) is 5.15 Å². The Morgan fingerprint density at radius 3 is 2.61 bits per heavy atom. The summed E-state index contributed by atoms with van der Waals surface area (Å²) < 4.78 is 12.5. The Morgan fingerprint density at radius 2 is 1.97 bits per heavy atom. The number of nitrogens with zero attached hydrogens (tertiary/aromatic N) is 4. The fraction of sp³-hybridized carbons (Fsp3) is 0.318. The summed E-state index contributed by atoms with van der Waals surface area (Å²) in [7, 11) is 4.21. The maximum Gasteiger partial charge on any atom is 0.356 e. The molecule has 3 aromatic rings. The monoisotopic (exact) mass is 471 g/mol. The van der Waals surface area contributed by atoms with E-state index < -0.39 is 5.97 Å². The van der Waals surface area contributed by atoms with Gasteiger partial charge in [-0.15, -0.1) is 0 Å². The summed E-state index contributed by atoms with van der Waals surface area (Å²) in [5, 5.41) is 12.4. The summed E-state index contributed by atoms with van der Waals surface area (Å²) in [4.78, 5) is 40.3. The molecule has 11 heteroatoms. The Balaban J connectivity index is 2.02. The highest BCUT2D eigenvalue weighted by molar-refractivity contribution is 6.31. The molecule has 172 valence electrons. The largest absolute Gasteiger partial charge is 0.469 e. The molecule has 3 rings (SSSR count). The van der Waals surface area contributed by atoms with Gasteiger partial charge in [0.05, 0.1) is 36.9 Å². The highest BCUT2D eigenvalue weighted by Gasteiger charge is 2.19. The minimum atomic E-state index is -0.698. The number of anilines is 2. The number of aromatic nitrogens is 3. The first-order valence-electron chi connectivity index (χ1n) is 9.94. The zero-order valence-corrected chi connectivity index (χ0v) is 19.3. The molecule has 0 spiro atoms. The number of benzene rings is 1. The molecule has 0 saturated carbocycles. The Morgan fingerprint density at radius 1 is 1.24 bits per heavy atom. The number of fused-ring (bicyclic) bond motifs is 1. The molecule has 1 N–H and O–H groups in total. The van der Waals surface area contributed by atoms with E-state index in [2.05, 4.69) is 15.0 Å². The van der Waals surface area contributed by atoms with Crippen LogP contribution < -0.4 is 11.0 Å². The zero-order chi connectivity index (χ0) is 24.3. The summed E-state index contributed by atoms with van der Waals surface area (Å²) in [6.07, 6.45) is 0.421. The molecule has 0 aliphatic carbocycles. The van der Waals surface area contributed by atoms with Crippen molar-refractivity contribution in [3.8, 4) is 6.07 Å². The fourth-order valence-corrected chi connectivity index (χ4v) is 3.66. The van der Waals surface area contributed by atoms with E-state index in [9.17, 15) is 19.6 Å². The first-order chi connectivity index (χ1) is 15.7. The standard InChI is InChI=1S/C22H22ClN5O5/c1-12(20(29)32-3)7-8-28-18-9-13(5-6-17(18)27(2)22(28)31)25-15-10-16(21(30)33-4)26-19(23)14(15)11-24/h5-6,9-10,12H,7-8H2,1-4H3,(H,25,26). The fourth-order valence-electron chi connectivity index (χ4n) is 3.43. The Hall–Kier alpha value is -3.84. The van der Waals surface area contributed by atoms with Crippen LogP contribution in [0.1, 0.15) is 29.4 Å². The second-order valence-electron chi connectivity index (χ2n) is 7.36. The van der Waals surface area contributed by atoms with Crippen LogP contribution >= 0.6 is 11.6 Å². The maximum atomic E-state index is 12.8. The van der Waals surface area contributed by atoms with Crippen LogP contribution in [0.25, 0.3) is 11.0 Å². The maximum absolute atomic E-state index is 12.8. The molecule has 1 atom stereocenters. The number of imidazole rings is 1. The van der Waals surface area contributed by atoms with E-state index in [0.717, 1.165) is 0 Å². The molecule has 33 heavy (non-hydrogen) atoms. The number of esters is 2. The molecule has 2 heterocycles. The lowest BCUT2D eigenvalue weighted by atomic mass is 10.1. The predicted molar refractivity (Wildman–Crippen MR) is 122 cm³/mol. The number of carbonyl (C=O) groups excluding carboxylic acids is 2. The number of aryl methyl sites for hydroxylation is 2. The van der Waals surface area contributed by atoms with Gasteiger partial charge in [0.1, 0.15) is 16.8 Å². The van der Waals surface area contributed by atoms with Crippen LogP contribution in [-0.2, 0) is 27.9 Å². The van der Waals surface area contributed by atoms with Crippen molar-refractivity contribution < 1.29 is 19.1 Å². The number of nitrogens with one attached hydrogen (secondary N) is 1. The lowest BCUT2D eigenvalue weighted by Crippen LogP contribution is -2.24. The smallest absolute Gasteiger partial charge is 0.356 e. The van der Waals surface area contributed by atoms with E-state index in [1.54, 1.807) is 36.7 Å². The van der Waals surface area contributed by atoms with Crippen molar-refractivity contribution in [1.82, 2.24) is 14.1 Å². The number of methoxy groups -OCH3 is 2. The molecule has 0 aliphatic rings. The van der Waals surface area contributed by atoms with Crippen molar-refractivity contribution in [2.75, 3.05) is 19.5 Å². The van der Waals surface area contributed by atoms with E-state index in [0.29, 0.717) is 29.7 Å². The SMILES string of the molecule is COC(=O)c1cc(Nc2ccc3c(c2)n(CCC(C)C(=O)OC)c(=O)n3C)c(C#N)c(Cl)n1. The van der Waals surface area contributed by atoms with Gasteiger partial charge in [-0.1, -0.05) is 18.5 Å². The lowest BCUT2D eigenvalue weighted by Gasteiger charge is -2.12. The molecule has 1 unspecified atom stereocenters. The van der Waals surface area contributed by atoms with Crippen LogP contribution in [0, 0.1) is 17.2 Å². The first kappa shape index (κ1) is 23.8. The number of carbonyl (C=O) groups is 2. The van der Waals surface area contributed by atoms with Gasteiger partial charge in [-0.05, 0) is 30.7 Å². The van der Waals surface area contributed by atoms with Crippen molar-refractivity contribution in [2.45, 2.75) is 19.9 Å². The minimum Gasteiger partial charge on any atom is -0.469 e. The van der Waals surface area contributed by atoms with E-state index >= 15 is 0 Å². The molecule has 0 aliphatic heterocycles. The second-order valence-corrected chi connectivity index (χ2v) is 7.72. The summed E-state index contributed by atoms with van der Waals surface area (Å²) >= 11 is 6.09. The van der Waals surface area contributed by atoms with Crippen molar-refractivity contribution in [3.05, 3.63) is 51.2 Å². The van der Waals surface area contributed by atoms with Gasteiger partial charge in [0.2, 0.25) is 0 Å². The highest BCUT2D eigenvalue weighted by atomic mass is 35.5. The molecule has 0 radical (unpaired) electrons. The van der Waals surface area contributed by atoms with Gasteiger partial charge < -0.3 is 14.8 Å². The minimum absolute atomic E-state index is 0.0569. The van der Waals surface area contributed by atoms with Crippen LogP contribution in [0.15, 0.2) is 29.1 Å². The molecule has 1 aromatic carbocycles. The lowest BCUT2D eigenvalue weighted by molar-refractivity contribution is -0.145. The van der Waals surface area contributed by atoms with Crippen molar-refractivity contribution in [1.29, 1.82) is 5.26 Å². The first-order valence-corrected chi connectivity index (χ1v) is 10.3. The van der Waals surface area contributed by atoms with Crippen LogP contribution in [-0.4, -0.2) is 40.3 Å². The molecular formula is C22H22ClN5O5. The number of hydrogen-bond acceptors (Lipinski definition) is 8. The van der Waals surface area contributed by atoms with E-state index in [1.807, 2.05) is 6.07 Å². The summed E-state index contributed by atoms with van der Waals surface area (Å²) in [5.74, 6) is -1.41. The van der Waals surface area contributed by atoms with Gasteiger partial charge in [-0.25, -0.2) is 14.6 Å². The average molecular weight is 472 g/mol. The summed E-state index contributed by atoms with van der Waals surface area (Å²) in [6, 6.07) is 8.57. The molecule has 10 nitrogen and oxygen atoms in total. The molecular weight excluding hydrogens is 450 g/mol. The topological polar surface area (TPSA) is 128 Å². The molecule has 0 saturated heterocycles. The number of hydrogen-bond donors (Lipinski definition) is 1. The highest BCUT2D eigenvalue weighted by Crippen LogP contribution is 2.28.